The highest BCUT2D eigenvalue weighted by atomic mass is 31.2. The molecule has 0 bridgehead atoms. The van der Waals surface area contributed by atoms with Crippen LogP contribution < -0.4 is 31.1 Å². The number of carbonyl (C=O) groups is 3. The molecule has 22 nitrogen and oxygen atoms in total. The number of furan rings is 3. The van der Waals surface area contributed by atoms with Crippen LogP contribution in [0.2, 0.25) is 0 Å². The molecule has 89 heavy (non-hydrogen) atoms. The highest BCUT2D eigenvalue weighted by Crippen LogP contribution is 2.59. The second-order valence-electron chi connectivity index (χ2n) is 22.0. The summed E-state index contributed by atoms with van der Waals surface area (Å²) in [4.78, 5) is 88.6. The highest BCUT2D eigenvalue weighted by Gasteiger charge is 2.49. The van der Waals surface area contributed by atoms with Crippen molar-refractivity contribution in [3.8, 4) is 0 Å². The summed E-state index contributed by atoms with van der Waals surface area (Å²) in [5.41, 5.74) is 18.8. The Morgan fingerprint density at radius 2 is 0.775 bits per heavy atom. The molecule has 0 saturated heterocycles. The van der Waals surface area contributed by atoms with Crippen molar-refractivity contribution in [2.24, 2.45) is 0 Å². The second kappa shape index (κ2) is 26.3. The van der Waals surface area contributed by atoms with E-state index < -0.39 is 28.4 Å². The van der Waals surface area contributed by atoms with Gasteiger partial charge in [-0.3, -0.25) is 29.1 Å². The van der Waals surface area contributed by atoms with E-state index in [0.717, 1.165) is 83.6 Å². The van der Waals surface area contributed by atoms with Crippen LogP contribution in [-0.2, 0) is 61.7 Å². The molecular weight excluding hydrogens is 1160 g/mol. The number of nitrogens with zero attached hydrogens (tertiary/aromatic N) is 6. The lowest BCUT2D eigenvalue weighted by Gasteiger charge is -2.31. The molecule has 0 aliphatic carbocycles. The number of hydroxylamine groups is 3. The predicted octanol–water partition coefficient (Wildman–Crippen LogP) is 12.6. The number of hydrogen-bond donors (Lipinski definition) is 4. The quantitative estimate of drug-likeness (QED) is 0.0249. The molecule has 3 unspecified atom stereocenters. The third kappa shape index (κ3) is 13.1. The van der Waals surface area contributed by atoms with E-state index in [2.05, 4.69) is 31.4 Å². The van der Waals surface area contributed by atoms with E-state index in [1.165, 1.54) is 33.5 Å². The first kappa shape index (κ1) is 60.2. The average Bonchev–Trinajstić information content (AvgIpc) is 4.01. The molecular formula is C66H67N9O13P+. The Bertz CT molecular complexity index is 3790. The lowest BCUT2D eigenvalue weighted by molar-refractivity contribution is -0.120. The molecule has 12 rings (SSSR count). The molecule has 0 saturated carbocycles. The van der Waals surface area contributed by atoms with Gasteiger partial charge in [0.2, 0.25) is 17.7 Å². The topological polar surface area (TPSA) is 251 Å². The summed E-state index contributed by atoms with van der Waals surface area (Å²) < 4.78 is 36.7. The van der Waals surface area contributed by atoms with Crippen LogP contribution in [0.4, 0.5) is 17.5 Å². The van der Waals surface area contributed by atoms with Gasteiger partial charge in [0.05, 0.1) is 18.1 Å². The Kier molecular flexibility index (Phi) is 17.8. The number of aromatic nitrogens is 3. The molecule has 4 N–H and O–H groups in total. The van der Waals surface area contributed by atoms with Gasteiger partial charge in [-0.05, 0) is 149 Å². The van der Waals surface area contributed by atoms with Crippen molar-refractivity contribution in [2.45, 2.75) is 98.2 Å². The fourth-order valence-electron chi connectivity index (χ4n) is 11.2. The molecule has 3 aromatic carbocycles. The van der Waals surface area contributed by atoms with Crippen LogP contribution in [0, 0.1) is 20.8 Å². The number of para-hydroxylation sites is 3. The molecule has 0 spiro atoms. The van der Waals surface area contributed by atoms with E-state index >= 15 is 0 Å². The van der Waals surface area contributed by atoms with E-state index in [9.17, 15) is 19.3 Å². The van der Waals surface area contributed by atoms with Crippen molar-refractivity contribution in [2.75, 3.05) is 34.9 Å². The van der Waals surface area contributed by atoms with Gasteiger partial charge in [-0.1, -0.05) is 54.6 Å². The van der Waals surface area contributed by atoms with Crippen molar-refractivity contribution >= 4 is 94.5 Å². The minimum Gasteiger partial charge on any atom is -0.459 e. The molecule has 3 atom stereocenters. The summed E-state index contributed by atoms with van der Waals surface area (Å²) >= 11 is 0. The standard InChI is InChI=1S/C66H67N9O13P/c1-40-52-13-7-10-16-55(52)86-61(40)43(4)70-80-28-25-46-31-49-19-22-58(76)73(64(49)67-34-46)37-83-89(79,84-38-74-59(77)23-20-50-32-47(35-68-65(50)74)26-29-81-71-44(5)62-41(2)53-14-8-11-17-56(53)87-62)85-39-75-60(78)24-21-51-33-48(36-69-66(51)75)27-30-82-72-45(6)63-42(3)54-15-9-12-18-57(54)88-63/h7-18,25-36,43-45,70-72,79H,19-24,37-39H2,1-6H3/q+1/b28-25+,29-26+,30-27+. The Morgan fingerprint density at radius 1 is 0.483 bits per heavy atom. The Labute approximate surface area is 513 Å². The number of fused-ring (bicyclic) bond motifs is 6. The van der Waals surface area contributed by atoms with Crippen LogP contribution in [-0.4, -0.2) is 57.8 Å². The van der Waals surface area contributed by atoms with Gasteiger partial charge in [-0.15, -0.1) is 30.0 Å². The summed E-state index contributed by atoms with van der Waals surface area (Å²) in [6, 6.07) is 28.4. The molecule has 3 amide bonds. The lowest BCUT2D eigenvalue weighted by Crippen LogP contribution is -2.41. The number of hydrogen-bond acceptors (Lipinski definition) is 19. The predicted molar refractivity (Wildman–Crippen MR) is 335 cm³/mol. The van der Waals surface area contributed by atoms with Crippen LogP contribution in [0.15, 0.2) is 142 Å². The van der Waals surface area contributed by atoms with Gasteiger partial charge < -0.3 is 27.8 Å². The molecule has 3 aliphatic heterocycles. The number of benzene rings is 3. The maximum atomic E-state index is 13.7. The molecule has 0 fully saturated rings. The number of amides is 3. The zero-order valence-corrected chi connectivity index (χ0v) is 50.8. The molecule has 458 valence electrons. The van der Waals surface area contributed by atoms with Gasteiger partial charge >= 0.3 is 8.17 Å². The Morgan fingerprint density at radius 3 is 1.07 bits per heavy atom. The molecule has 6 aromatic heterocycles. The first-order valence-corrected chi connectivity index (χ1v) is 30.8. The Hall–Kier alpha value is -9.09. The van der Waals surface area contributed by atoms with Crippen LogP contribution >= 0.6 is 8.17 Å². The van der Waals surface area contributed by atoms with Crippen molar-refractivity contribution in [1.29, 1.82) is 0 Å². The number of rotatable bonds is 24. The molecule has 23 heteroatoms. The van der Waals surface area contributed by atoms with Gasteiger partial charge in [0.25, 0.3) is 0 Å². The van der Waals surface area contributed by atoms with Crippen molar-refractivity contribution in [1.82, 2.24) is 31.4 Å². The maximum absolute atomic E-state index is 13.7. The monoisotopic (exact) mass is 1220 g/mol. The third-order valence-corrected chi connectivity index (χ3v) is 17.3. The van der Waals surface area contributed by atoms with Crippen LogP contribution in [0.1, 0.15) is 126 Å². The zero-order valence-electron chi connectivity index (χ0n) is 49.9. The smallest absolute Gasteiger partial charge is 0.459 e. The van der Waals surface area contributed by atoms with Crippen molar-refractivity contribution in [3.05, 3.63) is 196 Å². The van der Waals surface area contributed by atoms with Gasteiger partial charge in [0.15, 0.2) is 20.2 Å². The first-order chi connectivity index (χ1) is 43.2. The number of aryl methyl sites for hydroxylation is 6. The van der Waals surface area contributed by atoms with Crippen LogP contribution in [0.5, 0.6) is 0 Å². The number of pyridine rings is 3. The number of anilines is 3. The van der Waals surface area contributed by atoms with Crippen molar-refractivity contribution in [3.63, 3.8) is 0 Å². The van der Waals surface area contributed by atoms with Gasteiger partial charge in [0.1, 0.15) is 70.3 Å². The summed E-state index contributed by atoms with van der Waals surface area (Å²) in [7, 11) is -4.59. The van der Waals surface area contributed by atoms with Crippen LogP contribution in [0.3, 0.4) is 0 Å². The lowest BCUT2D eigenvalue weighted by atomic mass is 10.0. The van der Waals surface area contributed by atoms with E-state index in [1.54, 1.807) is 36.8 Å². The van der Waals surface area contributed by atoms with E-state index in [0.29, 0.717) is 53.4 Å². The second-order valence-corrected chi connectivity index (χ2v) is 23.7. The van der Waals surface area contributed by atoms with Crippen molar-refractivity contribution < 1.29 is 60.6 Å². The van der Waals surface area contributed by atoms with Gasteiger partial charge in [-0.2, -0.15) is 4.89 Å². The molecule has 9 aromatic rings. The van der Waals surface area contributed by atoms with E-state index in [1.807, 2.05) is 133 Å². The van der Waals surface area contributed by atoms with Crippen LogP contribution in [0.25, 0.3) is 51.1 Å². The SMILES string of the molecule is Cc1c(C(C)NO/C=C/c2cnc3c(c2)CCC(=O)N3CO[P+](O)(OCN2C(=O)CCc3cc(/C=C/ONC(C)c4oc5ccccc5c4C)cnc32)OCN2C(=O)CCc3cc(/C=C/ONC(C)c4oc5ccccc5c4C)cnc32)oc2ccccc12. The summed E-state index contributed by atoms with van der Waals surface area (Å²) in [5, 5.41) is 3.11. The van der Waals surface area contributed by atoms with E-state index in [-0.39, 0.29) is 55.1 Å². The largest absolute Gasteiger partial charge is 0.578 e. The van der Waals surface area contributed by atoms with Gasteiger partial charge in [-0.25, -0.2) is 15.0 Å². The van der Waals surface area contributed by atoms with E-state index in [4.69, 9.17) is 41.3 Å². The number of carbonyl (C=O) groups excluding carboxylic acids is 3. The summed E-state index contributed by atoms with van der Waals surface area (Å²) in [5.74, 6) is 2.19. The summed E-state index contributed by atoms with van der Waals surface area (Å²) in [6.07, 6.45) is 15.9. The molecule has 9 heterocycles. The Balaban J connectivity index is 0.727. The number of nitrogens with one attached hydrogen (secondary N) is 3. The highest BCUT2D eigenvalue weighted by molar-refractivity contribution is 7.55. The average molecular weight is 1230 g/mol. The maximum Gasteiger partial charge on any atom is 0.578 e. The fraction of sp³-hybridized carbons (Fsp3) is 0.273. The fourth-order valence-corrected chi connectivity index (χ4v) is 12.3. The first-order valence-electron chi connectivity index (χ1n) is 29.3. The van der Waals surface area contributed by atoms with Gasteiger partial charge in [0, 0.05) is 70.7 Å². The summed E-state index contributed by atoms with van der Waals surface area (Å²) in [6.45, 7) is 10.1. The minimum atomic E-state index is -4.59. The minimum absolute atomic E-state index is 0.105. The third-order valence-electron chi connectivity index (χ3n) is 16.0. The molecule has 3 aliphatic rings. The normalized spacial score (nSPS) is 16.2. The zero-order chi connectivity index (χ0) is 61.8. The molecule has 0 radical (unpaired) electrons.